The summed E-state index contributed by atoms with van der Waals surface area (Å²) in [5, 5.41) is 0. The molecule has 0 N–H and O–H groups in total. The molecule has 11 rings (SSSR count). The maximum absolute atomic E-state index is 2.55. The molecule has 1 heteroatoms. The molecule has 0 unspecified atom stereocenters. The molecule has 0 atom stereocenters. The van der Waals surface area contributed by atoms with Crippen molar-refractivity contribution >= 4 is 17.1 Å². The van der Waals surface area contributed by atoms with Crippen molar-refractivity contribution in [3.05, 3.63) is 233 Å². The molecule has 280 valence electrons. The Morgan fingerprint density at radius 1 is 0.328 bits per heavy atom. The fraction of sp³-hybridized carbons (Fsp3) is 0.158. The summed E-state index contributed by atoms with van der Waals surface area (Å²) < 4.78 is 0. The van der Waals surface area contributed by atoms with Crippen molar-refractivity contribution in [1.29, 1.82) is 0 Å². The van der Waals surface area contributed by atoms with Crippen LogP contribution in [0.1, 0.15) is 70.2 Å². The average Bonchev–Trinajstić information content (AvgIpc) is 3.59. The third-order valence-electron chi connectivity index (χ3n) is 13.3. The molecular formula is C57H47N. The van der Waals surface area contributed by atoms with Crippen molar-refractivity contribution in [2.75, 3.05) is 4.90 Å². The van der Waals surface area contributed by atoms with E-state index in [2.05, 4.69) is 193 Å². The lowest BCUT2D eigenvalue weighted by molar-refractivity contribution is 0.685. The SMILES string of the molecule is c1ccc(N(c2ccc3c(c2)CCCC3)c2cc3c(cc2-c2ccc(-c4ccc5c(c4)CCCC5)cc2)-c2ccccc2C3(c2ccccc2)c2ccccc2)cc1. The molecule has 0 radical (unpaired) electrons. The van der Waals surface area contributed by atoms with E-state index in [4.69, 9.17) is 0 Å². The second kappa shape index (κ2) is 14.5. The van der Waals surface area contributed by atoms with Crippen molar-refractivity contribution in [2.45, 2.75) is 56.8 Å². The first-order chi connectivity index (χ1) is 28.8. The Kier molecular flexibility index (Phi) is 8.69. The molecule has 8 aromatic rings. The molecular weight excluding hydrogens is 699 g/mol. The molecule has 58 heavy (non-hydrogen) atoms. The number of rotatable bonds is 7. The highest BCUT2D eigenvalue weighted by Crippen LogP contribution is 2.59. The molecule has 3 aliphatic rings. The van der Waals surface area contributed by atoms with Gasteiger partial charge in [-0.25, -0.2) is 0 Å². The molecule has 0 spiro atoms. The maximum atomic E-state index is 2.55. The predicted octanol–water partition coefficient (Wildman–Crippen LogP) is 14.6. The van der Waals surface area contributed by atoms with Crippen LogP contribution in [0.15, 0.2) is 188 Å². The zero-order valence-corrected chi connectivity index (χ0v) is 33.0. The summed E-state index contributed by atoms with van der Waals surface area (Å²) in [4.78, 5) is 2.53. The highest BCUT2D eigenvalue weighted by atomic mass is 15.1. The summed E-state index contributed by atoms with van der Waals surface area (Å²) in [5.41, 5.74) is 21.9. The van der Waals surface area contributed by atoms with Gasteiger partial charge in [0.15, 0.2) is 0 Å². The van der Waals surface area contributed by atoms with Crippen LogP contribution >= 0.6 is 0 Å². The topological polar surface area (TPSA) is 3.24 Å². The second-order valence-electron chi connectivity index (χ2n) is 16.5. The van der Waals surface area contributed by atoms with Crippen LogP contribution in [-0.4, -0.2) is 0 Å². The molecule has 0 aromatic heterocycles. The Hall–Kier alpha value is -6.44. The van der Waals surface area contributed by atoms with Crippen molar-refractivity contribution in [1.82, 2.24) is 0 Å². The van der Waals surface area contributed by atoms with Gasteiger partial charge in [0.05, 0.1) is 11.1 Å². The van der Waals surface area contributed by atoms with Crippen LogP contribution in [0.25, 0.3) is 33.4 Å². The van der Waals surface area contributed by atoms with Gasteiger partial charge >= 0.3 is 0 Å². The Bertz CT molecular complexity index is 2720. The monoisotopic (exact) mass is 745 g/mol. The number of fused-ring (bicyclic) bond motifs is 5. The van der Waals surface area contributed by atoms with E-state index in [9.17, 15) is 0 Å². The van der Waals surface area contributed by atoms with Gasteiger partial charge in [-0.3, -0.25) is 0 Å². The summed E-state index contributed by atoms with van der Waals surface area (Å²) in [6, 6.07) is 71.4. The van der Waals surface area contributed by atoms with E-state index in [1.54, 1.807) is 0 Å². The first-order valence-electron chi connectivity index (χ1n) is 21.3. The quantitative estimate of drug-likeness (QED) is 0.157. The smallest absolute Gasteiger partial charge is 0.0714 e. The van der Waals surface area contributed by atoms with E-state index < -0.39 is 5.41 Å². The average molecular weight is 746 g/mol. The number of nitrogens with zero attached hydrogens (tertiary/aromatic N) is 1. The molecule has 0 aliphatic heterocycles. The fourth-order valence-electron chi connectivity index (χ4n) is 10.5. The third kappa shape index (κ3) is 5.75. The van der Waals surface area contributed by atoms with Crippen LogP contribution in [0.4, 0.5) is 17.1 Å². The number of hydrogen-bond acceptors (Lipinski definition) is 1. The highest BCUT2D eigenvalue weighted by Gasteiger charge is 2.46. The second-order valence-corrected chi connectivity index (χ2v) is 16.5. The van der Waals surface area contributed by atoms with Crippen molar-refractivity contribution in [3.63, 3.8) is 0 Å². The minimum Gasteiger partial charge on any atom is -0.310 e. The first kappa shape index (κ1) is 34.8. The van der Waals surface area contributed by atoms with Crippen LogP contribution in [0.3, 0.4) is 0 Å². The largest absolute Gasteiger partial charge is 0.310 e. The molecule has 3 aliphatic carbocycles. The van der Waals surface area contributed by atoms with Crippen molar-refractivity contribution < 1.29 is 0 Å². The van der Waals surface area contributed by atoms with Gasteiger partial charge in [0.2, 0.25) is 0 Å². The van der Waals surface area contributed by atoms with Crippen LogP contribution in [0.2, 0.25) is 0 Å². The Balaban J connectivity index is 1.19. The Labute approximate surface area is 343 Å². The molecule has 0 bridgehead atoms. The van der Waals surface area contributed by atoms with Gasteiger partial charge in [-0.1, -0.05) is 152 Å². The number of aryl methyl sites for hydroxylation is 4. The minimum atomic E-state index is -0.504. The summed E-state index contributed by atoms with van der Waals surface area (Å²) in [7, 11) is 0. The number of benzene rings is 8. The van der Waals surface area contributed by atoms with E-state index in [1.165, 1.54) is 128 Å². The standard InChI is InChI=1S/C57H47N/c1-4-20-47(21-5-1)57(48-22-6-2-7-23-48)54-27-15-14-26-51(54)53-38-52(43-31-28-42(29-32-43)46-33-30-40-16-10-12-18-44(40)36-46)56(39-55(53)57)58(49-24-8-3-9-25-49)50-35-34-41-17-11-13-19-45(41)37-50/h1-9,14-15,20-39H,10-13,16-19H2. The number of para-hydroxylation sites is 1. The summed E-state index contributed by atoms with van der Waals surface area (Å²) in [5.74, 6) is 0. The van der Waals surface area contributed by atoms with Gasteiger partial charge < -0.3 is 4.90 Å². The Morgan fingerprint density at radius 2 is 0.862 bits per heavy atom. The van der Waals surface area contributed by atoms with Gasteiger partial charge in [-0.05, 0) is 160 Å². The van der Waals surface area contributed by atoms with Gasteiger partial charge in [0, 0.05) is 16.9 Å². The molecule has 1 nitrogen and oxygen atoms in total. The zero-order chi connectivity index (χ0) is 38.5. The zero-order valence-electron chi connectivity index (χ0n) is 33.0. The summed E-state index contributed by atoms with van der Waals surface area (Å²) in [6.07, 6.45) is 9.80. The van der Waals surface area contributed by atoms with Gasteiger partial charge in [-0.2, -0.15) is 0 Å². The maximum Gasteiger partial charge on any atom is 0.0714 e. The van der Waals surface area contributed by atoms with E-state index in [-0.39, 0.29) is 0 Å². The molecule has 0 amide bonds. The van der Waals surface area contributed by atoms with Crippen molar-refractivity contribution in [3.8, 4) is 33.4 Å². The molecule has 8 aromatic carbocycles. The normalized spacial score (nSPS) is 14.8. The van der Waals surface area contributed by atoms with E-state index in [1.807, 2.05) is 0 Å². The minimum absolute atomic E-state index is 0.504. The van der Waals surface area contributed by atoms with Crippen LogP contribution in [0.5, 0.6) is 0 Å². The number of hydrogen-bond donors (Lipinski definition) is 0. The fourth-order valence-corrected chi connectivity index (χ4v) is 10.5. The lowest BCUT2D eigenvalue weighted by atomic mass is 9.67. The highest BCUT2D eigenvalue weighted by molar-refractivity contribution is 5.97. The van der Waals surface area contributed by atoms with E-state index in [0.717, 1.165) is 18.5 Å². The predicted molar refractivity (Wildman–Crippen MR) is 243 cm³/mol. The molecule has 0 saturated carbocycles. The van der Waals surface area contributed by atoms with Crippen LogP contribution in [-0.2, 0) is 31.1 Å². The van der Waals surface area contributed by atoms with Crippen molar-refractivity contribution in [2.24, 2.45) is 0 Å². The summed E-state index contributed by atoms with van der Waals surface area (Å²) in [6.45, 7) is 0. The lowest BCUT2D eigenvalue weighted by Gasteiger charge is -2.35. The van der Waals surface area contributed by atoms with Gasteiger partial charge in [0.25, 0.3) is 0 Å². The molecule has 0 heterocycles. The first-order valence-corrected chi connectivity index (χ1v) is 21.3. The number of anilines is 3. The van der Waals surface area contributed by atoms with Gasteiger partial charge in [-0.15, -0.1) is 0 Å². The summed E-state index contributed by atoms with van der Waals surface area (Å²) >= 11 is 0. The lowest BCUT2D eigenvalue weighted by Crippen LogP contribution is -2.28. The third-order valence-corrected chi connectivity index (χ3v) is 13.3. The van der Waals surface area contributed by atoms with E-state index >= 15 is 0 Å². The van der Waals surface area contributed by atoms with E-state index in [0.29, 0.717) is 0 Å². The Morgan fingerprint density at radius 3 is 1.53 bits per heavy atom. The molecule has 0 fully saturated rings. The van der Waals surface area contributed by atoms with Gasteiger partial charge in [0.1, 0.15) is 0 Å². The molecule has 0 saturated heterocycles. The van der Waals surface area contributed by atoms with Crippen LogP contribution < -0.4 is 4.90 Å². The van der Waals surface area contributed by atoms with Crippen LogP contribution in [0, 0.1) is 0 Å².